The lowest BCUT2D eigenvalue weighted by Gasteiger charge is -2.00. The second-order valence-electron chi connectivity index (χ2n) is 1.86. The van der Waals surface area contributed by atoms with Crippen molar-refractivity contribution in [2.45, 2.75) is 4.90 Å². The van der Waals surface area contributed by atoms with Gasteiger partial charge in [-0.1, -0.05) is 18.2 Å². The van der Waals surface area contributed by atoms with Crippen molar-refractivity contribution in [3.8, 4) is 0 Å². The fraction of sp³-hybridized carbons (Fsp3) is 0. The molecule has 0 bridgehead atoms. The Balaban J connectivity index is 3.14. The molecule has 3 nitrogen and oxygen atoms in total. The van der Waals surface area contributed by atoms with E-state index in [1.165, 1.54) is 12.1 Å². The van der Waals surface area contributed by atoms with Crippen LogP contribution in [0.5, 0.6) is 0 Å². The average molecular weight is 184 g/mol. The summed E-state index contributed by atoms with van der Waals surface area (Å²) in [6, 6.07) is 7.95. The second kappa shape index (κ2) is 3.37. The van der Waals surface area contributed by atoms with Crippen LogP contribution in [0.4, 0.5) is 0 Å². The topological polar surface area (TPSA) is 43.4 Å². The number of benzene rings is 1. The van der Waals surface area contributed by atoms with Crippen molar-refractivity contribution < 1.29 is 11.7 Å². The Morgan fingerprint density at radius 2 is 1.73 bits per heavy atom. The highest BCUT2D eigenvalue weighted by Gasteiger charge is 2.08. The largest absolute Gasteiger partial charge is 0.419 e. The van der Waals surface area contributed by atoms with E-state index in [9.17, 15) is 8.42 Å². The van der Waals surface area contributed by atoms with Gasteiger partial charge in [0.1, 0.15) is 0 Å². The van der Waals surface area contributed by atoms with E-state index < -0.39 is 10.1 Å². The molecule has 0 amide bonds. The Hall–Kier alpha value is -0.338. The summed E-state index contributed by atoms with van der Waals surface area (Å²) >= 11 is 1.71. The van der Waals surface area contributed by atoms with Gasteiger partial charge in [-0.2, -0.15) is 8.42 Å². The van der Waals surface area contributed by atoms with Gasteiger partial charge in [0.2, 0.25) is 0 Å². The zero-order valence-corrected chi connectivity index (χ0v) is 7.57. The van der Waals surface area contributed by atoms with E-state index in [-0.39, 0.29) is 4.90 Å². The smallest absolute Gasteiger partial charge is 0.405 e. The minimum absolute atomic E-state index is 0.162. The van der Waals surface area contributed by atoms with Gasteiger partial charge in [0.15, 0.2) is 0 Å². The Morgan fingerprint density at radius 3 is 2.18 bits per heavy atom. The van der Waals surface area contributed by atoms with Gasteiger partial charge in [-0.05, 0) is 12.1 Å². The predicted octanol–water partition coefficient (Wildman–Crippen LogP) is 0.475. The van der Waals surface area contributed by atoms with Crippen LogP contribution < -0.4 is 0 Å². The van der Waals surface area contributed by atoms with Crippen LogP contribution in [-0.4, -0.2) is 25.0 Å². The molecule has 0 spiro atoms. The third-order valence-electron chi connectivity index (χ3n) is 1.16. The molecule has 0 saturated carbocycles. The highest BCUT2D eigenvalue weighted by Crippen LogP contribution is 2.08. The molecule has 0 saturated heterocycles. The molecule has 0 N–H and O–H groups in total. The van der Waals surface area contributed by atoms with Gasteiger partial charge in [0, 0.05) is 0 Å². The van der Waals surface area contributed by atoms with Crippen LogP contribution in [0.1, 0.15) is 0 Å². The maximum absolute atomic E-state index is 11.0. The molecule has 0 fully saturated rings. The molecular weight excluding hydrogens is 179 g/mol. The molecule has 1 aromatic carbocycles. The van der Waals surface area contributed by atoms with Crippen molar-refractivity contribution in [3.05, 3.63) is 30.3 Å². The van der Waals surface area contributed by atoms with Gasteiger partial charge in [-0.15, -0.1) is 0 Å². The van der Waals surface area contributed by atoms with Crippen LogP contribution in [0.2, 0.25) is 0 Å². The quantitative estimate of drug-likeness (QED) is 0.628. The first-order valence-corrected chi connectivity index (χ1v) is 4.73. The molecule has 0 aliphatic heterocycles. The van der Waals surface area contributed by atoms with E-state index in [4.69, 9.17) is 0 Å². The van der Waals surface area contributed by atoms with E-state index >= 15 is 0 Å². The minimum atomic E-state index is -3.54. The maximum atomic E-state index is 11.0. The normalized spacial score (nSPS) is 11.3. The molecule has 0 heterocycles. The van der Waals surface area contributed by atoms with E-state index in [2.05, 4.69) is 3.23 Å². The lowest BCUT2D eigenvalue weighted by Crippen LogP contribution is -2.02. The van der Waals surface area contributed by atoms with Gasteiger partial charge >= 0.3 is 16.6 Å². The first-order valence-electron chi connectivity index (χ1n) is 2.85. The molecule has 0 aromatic heterocycles. The van der Waals surface area contributed by atoms with Crippen molar-refractivity contribution >= 4 is 26.7 Å². The van der Waals surface area contributed by atoms with E-state index in [0.29, 0.717) is 0 Å². The van der Waals surface area contributed by atoms with E-state index in [1.807, 2.05) is 0 Å². The summed E-state index contributed by atoms with van der Waals surface area (Å²) in [5.41, 5.74) is 0. The van der Waals surface area contributed by atoms with Crippen LogP contribution in [0.3, 0.4) is 0 Å². The number of hydrogen-bond donors (Lipinski definition) is 0. The van der Waals surface area contributed by atoms with Crippen LogP contribution in [0.15, 0.2) is 35.2 Å². The van der Waals surface area contributed by atoms with Crippen molar-refractivity contribution in [2.75, 3.05) is 0 Å². The second-order valence-corrected chi connectivity index (χ2v) is 4.01. The van der Waals surface area contributed by atoms with Gasteiger partial charge in [-0.3, -0.25) is 0 Å². The Morgan fingerprint density at radius 1 is 1.18 bits per heavy atom. The highest BCUT2D eigenvalue weighted by atomic mass is 32.2. The summed E-state index contributed by atoms with van der Waals surface area (Å²) in [6.07, 6.45) is 0. The minimum Gasteiger partial charge on any atom is -0.419 e. The summed E-state index contributed by atoms with van der Waals surface area (Å²) in [7, 11) is -3.54. The molecule has 5 heteroatoms. The molecule has 0 atom stereocenters. The monoisotopic (exact) mass is 184 g/mol. The lowest BCUT2D eigenvalue weighted by molar-refractivity contribution is 0.508. The van der Waals surface area contributed by atoms with Gasteiger partial charge in [0.25, 0.3) is 10.1 Å². The number of hydrogen-bond acceptors (Lipinski definition) is 3. The van der Waals surface area contributed by atoms with Crippen LogP contribution in [0, 0.1) is 0 Å². The fourth-order valence-corrected chi connectivity index (χ4v) is 1.58. The molecule has 0 unspecified atom stereocenters. The SMILES string of the molecule is O=S(=O)([O][Al])c1ccccc1. The van der Waals surface area contributed by atoms with Crippen LogP contribution in [-0.2, 0) is 13.4 Å². The maximum Gasteiger partial charge on any atom is 0.405 e. The fourth-order valence-electron chi connectivity index (χ4n) is 0.643. The lowest BCUT2D eigenvalue weighted by atomic mass is 10.4. The third-order valence-corrected chi connectivity index (χ3v) is 3.02. The summed E-state index contributed by atoms with van der Waals surface area (Å²) in [5.74, 6) is 0. The zero-order chi connectivity index (χ0) is 8.32. The molecule has 2 radical (unpaired) electrons. The summed E-state index contributed by atoms with van der Waals surface area (Å²) < 4.78 is 26.1. The molecule has 0 aliphatic rings. The van der Waals surface area contributed by atoms with Crippen molar-refractivity contribution in [2.24, 2.45) is 0 Å². The van der Waals surface area contributed by atoms with E-state index in [0.717, 1.165) is 0 Å². The average Bonchev–Trinajstić information content (AvgIpc) is 2.06. The molecule has 1 rings (SSSR count). The zero-order valence-electron chi connectivity index (χ0n) is 5.60. The summed E-state index contributed by atoms with van der Waals surface area (Å²) in [4.78, 5) is 0.162. The van der Waals surface area contributed by atoms with Gasteiger partial charge in [0.05, 0.1) is 4.90 Å². The Kier molecular flexibility index (Phi) is 2.68. The van der Waals surface area contributed by atoms with Crippen molar-refractivity contribution in [1.29, 1.82) is 0 Å². The van der Waals surface area contributed by atoms with Gasteiger partial charge in [-0.25, -0.2) is 0 Å². The predicted molar refractivity (Wildman–Crippen MR) is 40.5 cm³/mol. The third kappa shape index (κ3) is 2.04. The van der Waals surface area contributed by atoms with Crippen molar-refractivity contribution in [1.82, 2.24) is 0 Å². The first kappa shape index (κ1) is 8.76. The molecule has 11 heavy (non-hydrogen) atoms. The van der Waals surface area contributed by atoms with Crippen LogP contribution >= 0.6 is 0 Å². The van der Waals surface area contributed by atoms with Gasteiger partial charge < -0.3 is 3.23 Å². The summed E-state index contributed by atoms with van der Waals surface area (Å²) in [5, 5.41) is 0. The molecule has 1 aromatic rings. The summed E-state index contributed by atoms with van der Waals surface area (Å²) in [6.45, 7) is 0. The van der Waals surface area contributed by atoms with Crippen LogP contribution in [0.25, 0.3) is 0 Å². The van der Waals surface area contributed by atoms with Crippen molar-refractivity contribution in [3.63, 3.8) is 0 Å². The van der Waals surface area contributed by atoms with E-state index in [1.54, 1.807) is 34.8 Å². The molecule has 56 valence electrons. The Bertz CT molecular complexity index is 319. The highest BCUT2D eigenvalue weighted by molar-refractivity contribution is 7.87. The number of rotatable bonds is 2. The first-order chi connectivity index (χ1) is 5.17. The molecular formula is C6H5AlO3S. The molecule has 0 aliphatic carbocycles. The standard InChI is InChI=1S/C6H6O3S.Al/c7-10(8,9)6-4-2-1-3-5-6;/h1-5H,(H,7,8,9);/q;+1/p-1. The Labute approximate surface area is 73.9 Å².